The molecule has 4 heteroatoms. The average Bonchev–Trinajstić information content (AvgIpc) is 2.75. The van der Waals surface area contributed by atoms with Gasteiger partial charge in [0.15, 0.2) is 0 Å². The van der Waals surface area contributed by atoms with Crippen LogP contribution in [-0.4, -0.2) is 16.8 Å². The molecular formula is C17H22N2O2. The van der Waals surface area contributed by atoms with Crippen LogP contribution in [0.2, 0.25) is 0 Å². The van der Waals surface area contributed by atoms with Crippen LogP contribution < -0.4 is 5.73 Å². The summed E-state index contributed by atoms with van der Waals surface area (Å²) in [6.45, 7) is 8.15. The summed E-state index contributed by atoms with van der Waals surface area (Å²) >= 11 is 0. The molecule has 0 saturated heterocycles. The van der Waals surface area contributed by atoms with Crippen LogP contribution in [-0.2, 0) is 6.54 Å². The van der Waals surface area contributed by atoms with Crippen LogP contribution in [0.4, 0.5) is 5.69 Å². The van der Waals surface area contributed by atoms with Crippen molar-refractivity contribution in [1.29, 1.82) is 0 Å². The quantitative estimate of drug-likeness (QED) is 0.875. The number of aryl methyl sites for hydroxylation is 2. The average molecular weight is 286 g/mol. The van der Waals surface area contributed by atoms with Crippen molar-refractivity contribution in [2.45, 2.75) is 40.3 Å². The second-order valence-electron chi connectivity index (χ2n) is 5.55. The highest BCUT2D eigenvalue weighted by Gasteiger charge is 2.23. The summed E-state index contributed by atoms with van der Waals surface area (Å²) in [4.78, 5) is 14.6. The molecule has 0 atom stereocenters. The molecule has 0 saturated carbocycles. The first-order valence-corrected chi connectivity index (χ1v) is 7.11. The number of hydrogen-bond acceptors (Lipinski definition) is 3. The van der Waals surface area contributed by atoms with Crippen LogP contribution in [0.5, 0.6) is 0 Å². The Morgan fingerprint density at radius 2 is 1.95 bits per heavy atom. The summed E-state index contributed by atoms with van der Waals surface area (Å²) < 4.78 is 5.47. The van der Waals surface area contributed by atoms with Crippen molar-refractivity contribution in [3.05, 3.63) is 53.0 Å². The Kier molecular flexibility index (Phi) is 4.36. The van der Waals surface area contributed by atoms with Gasteiger partial charge in [-0.3, -0.25) is 4.79 Å². The maximum absolute atomic E-state index is 12.8. The van der Waals surface area contributed by atoms with Gasteiger partial charge in [0.25, 0.3) is 5.91 Å². The first-order valence-electron chi connectivity index (χ1n) is 7.11. The van der Waals surface area contributed by atoms with Crippen LogP contribution >= 0.6 is 0 Å². The van der Waals surface area contributed by atoms with Crippen molar-refractivity contribution >= 4 is 11.6 Å². The SMILES string of the molecule is Cc1cc(C(=O)N(Cc2ccccc2N)C(C)C)c(C)o1. The Balaban J connectivity index is 2.29. The molecule has 0 fully saturated rings. The number of nitrogens with two attached hydrogens (primary N) is 1. The first-order chi connectivity index (χ1) is 9.90. The van der Waals surface area contributed by atoms with Gasteiger partial charge in [-0.05, 0) is 45.4 Å². The summed E-state index contributed by atoms with van der Waals surface area (Å²) in [5.74, 6) is 1.38. The molecule has 2 rings (SSSR count). The van der Waals surface area contributed by atoms with E-state index in [0.29, 0.717) is 23.6 Å². The Bertz CT molecular complexity index is 644. The van der Waals surface area contributed by atoms with Crippen LogP contribution in [0.25, 0.3) is 0 Å². The van der Waals surface area contributed by atoms with Gasteiger partial charge in [-0.1, -0.05) is 18.2 Å². The molecule has 2 aromatic rings. The molecule has 112 valence electrons. The zero-order valence-corrected chi connectivity index (χ0v) is 13.0. The van der Waals surface area contributed by atoms with Crippen molar-refractivity contribution in [2.24, 2.45) is 0 Å². The van der Waals surface area contributed by atoms with Gasteiger partial charge in [0, 0.05) is 18.3 Å². The smallest absolute Gasteiger partial charge is 0.257 e. The van der Waals surface area contributed by atoms with Gasteiger partial charge in [0.1, 0.15) is 11.5 Å². The molecule has 1 aromatic heterocycles. The first kappa shape index (κ1) is 15.2. The van der Waals surface area contributed by atoms with Crippen LogP contribution in [0, 0.1) is 13.8 Å². The maximum Gasteiger partial charge on any atom is 0.257 e. The zero-order valence-electron chi connectivity index (χ0n) is 13.0. The van der Waals surface area contributed by atoms with E-state index in [2.05, 4.69) is 0 Å². The van der Waals surface area contributed by atoms with Crippen LogP contribution in [0.1, 0.15) is 41.3 Å². The summed E-state index contributed by atoms with van der Waals surface area (Å²) in [5, 5.41) is 0. The maximum atomic E-state index is 12.8. The number of para-hydroxylation sites is 1. The number of hydrogen-bond donors (Lipinski definition) is 1. The van der Waals surface area contributed by atoms with Crippen molar-refractivity contribution in [1.82, 2.24) is 4.90 Å². The third kappa shape index (κ3) is 3.27. The fourth-order valence-corrected chi connectivity index (χ4v) is 2.35. The molecule has 21 heavy (non-hydrogen) atoms. The predicted octanol–water partition coefficient (Wildman–Crippen LogP) is 3.53. The number of furan rings is 1. The number of amides is 1. The van der Waals surface area contributed by atoms with E-state index in [1.165, 1.54) is 0 Å². The molecule has 1 heterocycles. The number of nitrogens with zero attached hydrogens (tertiary/aromatic N) is 1. The topological polar surface area (TPSA) is 59.5 Å². The lowest BCUT2D eigenvalue weighted by Gasteiger charge is -2.27. The van der Waals surface area contributed by atoms with E-state index >= 15 is 0 Å². The van der Waals surface area contributed by atoms with E-state index in [4.69, 9.17) is 10.2 Å². The molecule has 0 aliphatic rings. The Labute approximate surface area is 125 Å². The summed E-state index contributed by atoms with van der Waals surface area (Å²) in [6.07, 6.45) is 0. The molecule has 1 aromatic carbocycles. The van der Waals surface area contributed by atoms with Crippen molar-refractivity contribution in [2.75, 3.05) is 5.73 Å². The van der Waals surface area contributed by atoms with E-state index in [9.17, 15) is 4.79 Å². The minimum Gasteiger partial charge on any atom is -0.466 e. The van der Waals surface area contributed by atoms with E-state index in [1.807, 2.05) is 56.9 Å². The number of anilines is 1. The second-order valence-corrected chi connectivity index (χ2v) is 5.55. The Morgan fingerprint density at radius 3 is 2.48 bits per heavy atom. The number of rotatable bonds is 4. The van der Waals surface area contributed by atoms with E-state index in [0.717, 1.165) is 11.3 Å². The highest BCUT2D eigenvalue weighted by molar-refractivity contribution is 5.95. The lowest BCUT2D eigenvalue weighted by atomic mass is 10.1. The fourth-order valence-electron chi connectivity index (χ4n) is 2.35. The van der Waals surface area contributed by atoms with Gasteiger partial charge in [-0.2, -0.15) is 0 Å². The van der Waals surface area contributed by atoms with E-state index < -0.39 is 0 Å². The molecule has 1 amide bonds. The van der Waals surface area contributed by atoms with Crippen molar-refractivity contribution in [3.63, 3.8) is 0 Å². The largest absolute Gasteiger partial charge is 0.466 e. The minimum atomic E-state index is -0.0254. The molecule has 2 N–H and O–H groups in total. The standard InChI is InChI=1S/C17H22N2O2/c1-11(2)19(10-14-7-5-6-8-16(14)18)17(20)15-9-12(3)21-13(15)4/h5-9,11H,10,18H2,1-4H3. The third-order valence-electron chi connectivity index (χ3n) is 3.55. The summed E-state index contributed by atoms with van der Waals surface area (Å²) in [5.41, 5.74) is 8.27. The van der Waals surface area contributed by atoms with Crippen LogP contribution in [0.3, 0.4) is 0 Å². The van der Waals surface area contributed by atoms with E-state index in [-0.39, 0.29) is 11.9 Å². The van der Waals surface area contributed by atoms with Crippen molar-refractivity contribution < 1.29 is 9.21 Å². The van der Waals surface area contributed by atoms with Crippen LogP contribution in [0.15, 0.2) is 34.7 Å². The molecular weight excluding hydrogens is 264 g/mol. The van der Waals surface area contributed by atoms with Crippen molar-refractivity contribution in [3.8, 4) is 0 Å². The Morgan fingerprint density at radius 1 is 1.29 bits per heavy atom. The normalized spacial score (nSPS) is 10.9. The predicted molar refractivity (Wildman–Crippen MR) is 84.0 cm³/mol. The number of nitrogen functional groups attached to an aromatic ring is 1. The highest BCUT2D eigenvalue weighted by atomic mass is 16.3. The van der Waals surface area contributed by atoms with Gasteiger partial charge in [-0.25, -0.2) is 0 Å². The third-order valence-corrected chi connectivity index (χ3v) is 3.55. The van der Waals surface area contributed by atoms with Gasteiger partial charge in [0.05, 0.1) is 5.56 Å². The monoisotopic (exact) mass is 286 g/mol. The molecule has 4 nitrogen and oxygen atoms in total. The summed E-state index contributed by atoms with van der Waals surface area (Å²) in [7, 11) is 0. The molecule has 0 bridgehead atoms. The van der Waals surface area contributed by atoms with Gasteiger partial charge < -0.3 is 15.1 Å². The number of benzene rings is 1. The molecule has 0 aliphatic heterocycles. The molecule has 0 spiro atoms. The lowest BCUT2D eigenvalue weighted by Crippen LogP contribution is -2.36. The number of carbonyl (C=O) groups is 1. The zero-order chi connectivity index (χ0) is 15.6. The highest BCUT2D eigenvalue weighted by Crippen LogP contribution is 2.21. The lowest BCUT2D eigenvalue weighted by molar-refractivity contribution is 0.0689. The minimum absolute atomic E-state index is 0.0254. The Hall–Kier alpha value is -2.23. The molecule has 0 radical (unpaired) electrons. The molecule has 0 aliphatic carbocycles. The second kappa shape index (κ2) is 6.04. The summed E-state index contributed by atoms with van der Waals surface area (Å²) in [6, 6.07) is 9.50. The van der Waals surface area contributed by atoms with E-state index in [1.54, 1.807) is 6.07 Å². The van der Waals surface area contributed by atoms with Gasteiger partial charge in [0.2, 0.25) is 0 Å². The molecule has 0 unspecified atom stereocenters. The van der Waals surface area contributed by atoms with Gasteiger partial charge >= 0.3 is 0 Å². The fraction of sp³-hybridized carbons (Fsp3) is 0.353. The number of carbonyl (C=O) groups excluding carboxylic acids is 1. The van der Waals surface area contributed by atoms with Gasteiger partial charge in [-0.15, -0.1) is 0 Å².